The predicted octanol–water partition coefficient (Wildman–Crippen LogP) is 2.01. The van der Waals surface area contributed by atoms with Crippen LogP contribution in [0.1, 0.15) is 5.89 Å². The molecule has 15 heavy (non-hydrogen) atoms. The summed E-state index contributed by atoms with van der Waals surface area (Å²) in [5.41, 5.74) is 1.27. The highest BCUT2D eigenvalue weighted by atomic mass is 16.5. The molecule has 0 aliphatic heterocycles. The molecule has 74 valence electrons. The SMILES string of the molecule is Cc1nc(-c2cccc(N=C=O)c2)no1. The quantitative estimate of drug-likeness (QED) is 0.550. The monoisotopic (exact) mass is 201 g/mol. The van der Waals surface area contributed by atoms with Gasteiger partial charge in [0.1, 0.15) is 0 Å². The number of aryl methyl sites for hydroxylation is 1. The van der Waals surface area contributed by atoms with Crippen LogP contribution < -0.4 is 0 Å². The van der Waals surface area contributed by atoms with Gasteiger partial charge in [0.2, 0.25) is 17.8 Å². The molecule has 0 unspecified atom stereocenters. The molecule has 2 rings (SSSR count). The van der Waals surface area contributed by atoms with Crippen LogP contribution in [-0.2, 0) is 4.79 Å². The summed E-state index contributed by atoms with van der Waals surface area (Å²) in [6.07, 6.45) is 1.48. The van der Waals surface area contributed by atoms with Crippen LogP contribution in [0, 0.1) is 6.92 Å². The molecule has 5 heteroatoms. The van der Waals surface area contributed by atoms with E-state index in [0.717, 1.165) is 5.56 Å². The van der Waals surface area contributed by atoms with E-state index in [1.807, 2.05) is 6.07 Å². The number of aromatic nitrogens is 2. The van der Waals surface area contributed by atoms with Crippen LogP contribution >= 0.6 is 0 Å². The number of nitrogens with zero attached hydrogens (tertiary/aromatic N) is 3. The number of isocyanates is 1. The van der Waals surface area contributed by atoms with Crippen molar-refractivity contribution in [3.05, 3.63) is 30.2 Å². The maximum atomic E-state index is 10.1. The molecular weight excluding hydrogens is 194 g/mol. The molecular formula is C10H7N3O2. The Labute approximate surface area is 85.5 Å². The van der Waals surface area contributed by atoms with Gasteiger partial charge in [0, 0.05) is 12.5 Å². The highest BCUT2D eigenvalue weighted by Gasteiger charge is 2.05. The average Bonchev–Trinajstić information content (AvgIpc) is 2.66. The van der Waals surface area contributed by atoms with E-state index in [1.165, 1.54) is 6.08 Å². The standard InChI is InChI=1S/C10H7N3O2/c1-7-12-10(13-15-7)8-3-2-4-9(5-8)11-6-14/h2-5H,1H3. The molecule has 0 radical (unpaired) electrons. The average molecular weight is 201 g/mol. The molecule has 0 saturated carbocycles. The molecule has 1 aromatic heterocycles. The van der Waals surface area contributed by atoms with Crippen molar-refractivity contribution >= 4 is 11.8 Å². The minimum atomic E-state index is 0.482. The van der Waals surface area contributed by atoms with Gasteiger partial charge in [0.25, 0.3) is 0 Å². The van der Waals surface area contributed by atoms with E-state index in [9.17, 15) is 4.79 Å². The van der Waals surface area contributed by atoms with Gasteiger partial charge in [0.15, 0.2) is 0 Å². The topological polar surface area (TPSA) is 68.3 Å². The van der Waals surface area contributed by atoms with Gasteiger partial charge >= 0.3 is 0 Å². The van der Waals surface area contributed by atoms with E-state index in [4.69, 9.17) is 4.52 Å². The summed E-state index contributed by atoms with van der Waals surface area (Å²) in [4.78, 5) is 17.7. The maximum Gasteiger partial charge on any atom is 0.240 e. The molecule has 0 fully saturated rings. The zero-order chi connectivity index (χ0) is 10.7. The Bertz CT molecular complexity index is 527. The Morgan fingerprint density at radius 3 is 3.00 bits per heavy atom. The first-order valence-corrected chi connectivity index (χ1v) is 4.28. The summed E-state index contributed by atoms with van der Waals surface area (Å²) in [6.45, 7) is 1.71. The lowest BCUT2D eigenvalue weighted by molar-refractivity contribution is 0.394. The molecule has 2 aromatic rings. The van der Waals surface area contributed by atoms with Gasteiger partial charge in [-0.3, -0.25) is 0 Å². The molecule has 0 saturated heterocycles. The lowest BCUT2D eigenvalue weighted by Crippen LogP contribution is -1.79. The first kappa shape index (κ1) is 9.30. The summed E-state index contributed by atoms with van der Waals surface area (Å²) in [5, 5.41) is 3.76. The largest absolute Gasteiger partial charge is 0.339 e. The first-order chi connectivity index (χ1) is 7.29. The third-order valence-electron chi connectivity index (χ3n) is 1.81. The number of benzene rings is 1. The van der Waals surface area contributed by atoms with E-state index in [0.29, 0.717) is 17.4 Å². The summed E-state index contributed by atoms with van der Waals surface area (Å²) in [7, 11) is 0. The number of hydrogen-bond acceptors (Lipinski definition) is 5. The van der Waals surface area contributed by atoms with Crippen molar-refractivity contribution in [3.63, 3.8) is 0 Å². The Balaban J connectivity index is 2.44. The molecule has 0 N–H and O–H groups in total. The predicted molar refractivity (Wildman–Crippen MR) is 52.3 cm³/mol. The molecule has 5 nitrogen and oxygen atoms in total. The molecule has 0 bridgehead atoms. The Morgan fingerprint density at radius 1 is 1.47 bits per heavy atom. The van der Waals surface area contributed by atoms with Crippen molar-refractivity contribution in [3.8, 4) is 11.4 Å². The van der Waals surface area contributed by atoms with Crippen molar-refractivity contribution in [1.29, 1.82) is 0 Å². The minimum absolute atomic E-state index is 0.482. The van der Waals surface area contributed by atoms with Crippen LogP contribution in [0.15, 0.2) is 33.8 Å². The molecule has 1 heterocycles. The van der Waals surface area contributed by atoms with Gasteiger partial charge < -0.3 is 4.52 Å². The highest BCUT2D eigenvalue weighted by Crippen LogP contribution is 2.21. The van der Waals surface area contributed by atoms with Crippen molar-refractivity contribution in [1.82, 2.24) is 10.1 Å². The normalized spacial score (nSPS) is 9.67. The second kappa shape index (κ2) is 3.86. The number of carbonyl (C=O) groups excluding carboxylic acids is 1. The Morgan fingerprint density at radius 2 is 2.33 bits per heavy atom. The van der Waals surface area contributed by atoms with Crippen molar-refractivity contribution in [2.24, 2.45) is 4.99 Å². The van der Waals surface area contributed by atoms with Crippen LogP contribution in [0.3, 0.4) is 0 Å². The van der Waals surface area contributed by atoms with E-state index < -0.39 is 0 Å². The lowest BCUT2D eigenvalue weighted by Gasteiger charge is -1.94. The van der Waals surface area contributed by atoms with Crippen LogP contribution in [0.5, 0.6) is 0 Å². The fraction of sp³-hybridized carbons (Fsp3) is 0.100. The smallest absolute Gasteiger partial charge is 0.240 e. The van der Waals surface area contributed by atoms with Crippen LogP contribution in [-0.4, -0.2) is 16.2 Å². The first-order valence-electron chi connectivity index (χ1n) is 4.28. The zero-order valence-corrected chi connectivity index (χ0v) is 7.97. The molecule has 0 atom stereocenters. The van der Waals surface area contributed by atoms with Gasteiger partial charge in [-0.2, -0.15) is 9.98 Å². The van der Waals surface area contributed by atoms with E-state index in [-0.39, 0.29) is 0 Å². The second-order valence-corrected chi connectivity index (χ2v) is 2.89. The third kappa shape index (κ3) is 1.98. The van der Waals surface area contributed by atoms with Crippen molar-refractivity contribution in [2.45, 2.75) is 6.92 Å². The van der Waals surface area contributed by atoms with Crippen LogP contribution in [0.25, 0.3) is 11.4 Å². The molecule has 0 amide bonds. The summed E-state index contributed by atoms with van der Waals surface area (Å²) in [6, 6.07) is 6.96. The number of aliphatic imine (C=N–C) groups is 1. The minimum Gasteiger partial charge on any atom is -0.339 e. The second-order valence-electron chi connectivity index (χ2n) is 2.89. The fourth-order valence-corrected chi connectivity index (χ4v) is 1.18. The van der Waals surface area contributed by atoms with Crippen LogP contribution in [0.2, 0.25) is 0 Å². The molecule has 1 aromatic carbocycles. The summed E-state index contributed by atoms with van der Waals surface area (Å²) >= 11 is 0. The molecule has 0 aliphatic rings. The fourth-order valence-electron chi connectivity index (χ4n) is 1.18. The highest BCUT2D eigenvalue weighted by molar-refractivity contribution is 5.62. The van der Waals surface area contributed by atoms with Crippen molar-refractivity contribution in [2.75, 3.05) is 0 Å². The summed E-state index contributed by atoms with van der Waals surface area (Å²) in [5.74, 6) is 0.977. The summed E-state index contributed by atoms with van der Waals surface area (Å²) < 4.78 is 4.85. The lowest BCUT2D eigenvalue weighted by atomic mass is 10.2. The van der Waals surface area contributed by atoms with Gasteiger partial charge in [-0.05, 0) is 12.1 Å². The number of rotatable bonds is 2. The van der Waals surface area contributed by atoms with Gasteiger partial charge in [-0.25, -0.2) is 4.79 Å². The Kier molecular flexibility index (Phi) is 2.39. The van der Waals surface area contributed by atoms with Crippen molar-refractivity contribution < 1.29 is 9.32 Å². The number of hydrogen-bond donors (Lipinski definition) is 0. The Hall–Kier alpha value is -2.26. The van der Waals surface area contributed by atoms with Gasteiger partial charge in [-0.1, -0.05) is 17.3 Å². The van der Waals surface area contributed by atoms with Gasteiger partial charge in [-0.15, -0.1) is 0 Å². The van der Waals surface area contributed by atoms with Crippen LogP contribution in [0.4, 0.5) is 5.69 Å². The zero-order valence-electron chi connectivity index (χ0n) is 7.97. The third-order valence-corrected chi connectivity index (χ3v) is 1.81. The van der Waals surface area contributed by atoms with Gasteiger partial charge in [0.05, 0.1) is 5.69 Å². The molecule has 0 spiro atoms. The van der Waals surface area contributed by atoms with E-state index >= 15 is 0 Å². The van der Waals surface area contributed by atoms with E-state index in [1.54, 1.807) is 25.1 Å². The molecule has 0 aliphatic carbocycles. The van der Waals surface area contributed by atoms with E-state index in [2.05, 4.69) is 15.1 Å². The maximum absolute atomic E-state index is 10.1.